The van der Waals surface area contributed by atoms with Crippen molar-refractivity contribution in [2.75, 3.05) is 4.90 Å². The number of anilines is 3. The molecule has 0 bridgehead atoms. The minimum absolute atomic E-state index is 0.569. The van der Waals surface area contributed by atoms with Gasteiger partial charge in [0.15, 0.2) is 0 Å². The maximum atomic E-state index is 6.28. The van der Waals surface area contributed by atoms with Crippen LogP contribution in [0.15, 0.2) is 245 Å². The fourth-order valence-corrected chi connectivity index (χ4v) is 13.1. The molecule has 2 aromatic heterocycles. The summed E-state index contributed by atoms with van der Waals surface area (Å²) in [6, 6.07) is 85.5. The summed E-state index contributed by atoms with van der Waals surface area (Å²) in [7, 11) is 0. The van der Waals surface area contributed by atoms with E-state index in [0.717, 1.165) is 55.7 Å². The van der Waals surface area contributed by atoms with Gasteiger partial charge in [-0.3, -0.25) is 0 Å². The summed E-state index contributed by atoms with van der Waals surface area (Å²) in [4.78, 5) is 5.09. The maximum Gasteiger partial charge on any atom is 0.135 e. The van der Waals surface area contributed by atoms with Gasteiger partial charge >= 0.3 is 0 Å². The van der Waals surface area contributed by atoms with E-state index in [1.165, 1.54) is 75.5 Å². The van der Waals surface area contributed by atoms with Crippen molar-refractivity contribution in [3.8, 4) is 16.8 Å². The molecular weight excluding hydrogens is 833 g/mol. The lowest BCUT2D eigenvalue weighted by Crippen LogP contribution is -2.36. The monoisotopic (exact) mass is 870 g/mol. The predicted molar refractivity (Wildman–Crippen MR) is 279 cm³/mol. The van der Waals surface area contributed by atoms with Gasteiger partial charge in [-0.15, -0.1) is 0 Å². The first-order valence-electron chi connectivity index (χ1n) is 23.0. The molecule has 312 valence electrons. The van der Waals surface area contributed by atoms with Crippen LogP contribution in [0.3, 0.4) is 0 Å². The zero-order chi connectivity index (χ0) is 43.8. The number of aromatic nitrogens is 1. The molecule has 0 fully saturated rings. The van der Waals surface area contributed by atoms with Gasteiger partial charge in [-0.25, -0.2) is 0 Å². The third-order valence-electron chi connectivity index (χ3n) is 14.6. The molecule has 0 atom stereocenters. The van der Waals surface area contributed by atoms with Crippen LogP contribution >= 0.6 is 11.8 Å². The Hall–Kier alpha value is -8.31. The fraction of sp³-hybridized carbons (Fsp3) is 0.0159. The molecule has 1 spiro atoms. The second-order valence-electron chi connectivity index (χ2n) is 17.9. The third-order valence-corrected chi connectivity index (χ3v) is 15.8. The van der Waals surface area contributed by atoms with Gasteiger partial charge in [0.05, 0.1) is 22.1 Å². The first-order valence-corrected chi connectivity index (χ1v) is 23.8. The van der Waals surface area contributed by atoms with E-state index in [-0.39, 0.29) is 0 Å². The second kappa shape index (κ2) is 13.9. The number of hydrogen-bond donors (Lipinski definition) is 0. The van der Waals surface area contributed by atoms with Crippen molar-refractivity contribution < 1.29 is 4.42 Å². The molecule has 0 saturated heterocycles. The summed E-state index contributed by atoms with van der Waals surface area (Å²) < 4.78 is 8.69. The molecule has 0 saturated carbocycles. The van der Waals surface area contributed by atoms with Gasteiger partial charge in [0.25, 0.3) is 0 Å². The smallest absolute Gasteiger partial charge is 0.135 e. The van der Waals surface area contributed by atoms with Gasteiger partial charge in [-0.1, -0.05) is 163 Å². The van der Waals surface area contributed by atoms with E-state index in [1.54, 1.807) is 0 Å². The zero-order valence-corrected chi connectivity index (χ0v) is 37.0. The fourth-order valence-electron chi connectivity index (χ4n) is 11.9. The van der Waals surface area contributed by atoms with Crippen LogP contribution in [0.4, 0.5) is 17.1 Å². The Morgan fingerprint density at radius 2 is 1.01 bits per heavy atom. The maximum absolute atomic E-state index is 6.28. The minimum Gasteiger partial charge on any atom is -0.456 e. The highest BCUT2D eigenvalue weighted by molar-refractivity contribution is 7.99. The standard InChI is InChI=1S/C63H38N2OS/c1-2-18-44-39(14-1)15-13-26-55(44)64(41-31-34-57-49(36-41)46-19-3-7-25-56(46)65(57)42-32-35-59-50(37-42)47-20-4-8-27-58(47)66-59)43-30-33-45-48-21-11-16-40-17-12-24-53(62(40)48)63(54(45)38-43)51-22-5-9-28-60(51)67-61-29-10-6-23-52(61)63/h1-38H. The van der Waals surface area contributed by atoms with E-state index < -0.39 is 5.41 Å². The molecule has 0 amide bonds. The van der Waals surface area contributed by atoms with E-state index >= 15 is 0 Å². The highest BCUT2D eigenvalue weighted by Crippen LogP contribution is 2.62. The van der Waals surface area contributed by atoms with Crippen molar-refractivity contribution in [3.05, 3.63) is 253 Å². The first-order chi connectivity index (χ1) is 33.2. The number of furan rings is 1. The van der Waals surface area contributed by atoms with Gasteiger partial charge in [-0.05, 0) is 128 Å². The molecule has 3 nitrogen and oxygen atoms in total. The predicted octanol–water partition coefficient (Wildman–Crippen LogP) is 17.3. The SMILES string of the molecule is c1ccc2c(c1)Sc1ccccc1C21c2cc(N(c3ccc4c(c3)c3ccccc3n4-c3ccc4oc5ccccc5c4c3)c3cccc4ccccc34)ccc2-c2cccc3cccc1c23. The Morgan fingerprint density at radius 1 is 0.388 bits per heavy atom. The van der Waals surface area contributed by atoms with Crippen LogP contribution in [0.5, 0.6) is 0 Å². The first kappa shape index (κ1) is 37.0. The van der Waals surface area contributed by atoms with Crippen LogP contribution in [0.25, 0.3) is 82.1 Å². The summed E-state index contributed by atoms with van der Waals surface area (Å²) in [5, 5.41) is 9.62. The molecule has 4 heteroatoms. The van der Waals surface area contributed by atoms with Crippen molar-refractivity contribution in [2.45, 2.75) is 15.2 Å². The summed E-state index contributed by atoms with van der Waals surface area (Å²) in [6.07, 6.45) is 0. The Balaban J connectivity index is 1.01. The Labute approximate surface area is 390 Å². The van der Waals surface area contributed by atoms with Gasteiger partial charge in [0.1, 0.15) is 11.2 Å². The topological polar surface area (TPSA) is 21.3 Å². The van der Waals surface area contributed by atoms with Crippen LogP contribution in [0, 0.1) is 0 Å². The minimum atomic E-state index is -0.569. The number of nitrogens with zero attached hydrogens (tertiary/aromatic N) is 2. The molecule has 67 heavy (non-hydrogen) atoms. The molecule has 3 heterocycles. The van der Waals surface area contributed by atoms with Crippen LogP contribution in [-0.4, -0.2) is 4.57 Å². The molecular formula is C63H38N2OS. The molecule has 0 N–H and O–H groups in total. The van der Waals surface area contributed by atoms with Gasteiger partial charge in [-0.2, -0.15) is 0 Å². The van der Waals surface area contributed by atoms with Gasteiger partial charge in [0.2, 0.25) is 0 Å². The van der Waals surface area contributed by atoms with Crippen LogP contribution in [0.2, 0.25) is 0 Å². The van der Waals surface area contributed by atoms with Crippen molar-refractivity contribution in [3.63, 3.8) is 0 Å². The summed E-state index contributed by atoms with van der Waals surface area (Å²) in [6.45, 7) is 0. The largest absolute Gasteiger partial charge is 0.456 e. The van der Waals surface area contributed by atoms with Gasteiger partial charge < -0.3 is 13.9 Å². The Kier molecular flexibility index (Phi) is 7.64. The van der Waals surface area contributed by atoms with E-state index in [0.29, 0.717) is 0 Å². The lowest BCUT2D eigenvalue weighted by molar-refractivity contribution is 0.669. The number of para-hydroxylation sites is 2. The zero-order valence-electron chi connectivity index (χ0n) is 36.2. The average molecular weight is 871 g/mol. The summed E-state index contributed by atoms with van der Waals surface area (Å²) in [5.74, 6) is 0. The number of hydrogen-bond acceptors (Lipinski definition) is 3. The molecule has 11 aromatic carbocycles. The number of benzene rings is 11. The second-order valence-corrected chi connectivity index (χ2v) is 19.0. The van der Waals surface area contributed by atoms with Crippen LogP contribution in [0.1, 0.15) is 22.3 Å². The van der Waals surface area contributed by atoms with Crippen LogP contribution in [-0.2, 0) is 5.41 Å². The van der Waals surface area contributed by atoms with E-state index in [4.69, 9.17) is 4.42 Å². The van der Waals surface area contributed by atoms with E-state index in [9.17, 15) is 0 Å². The molecule has 15 rings (SSSR count). The van der Waals surface area contributed by atoms with Crippen molar-refractivity contribution in [1.29, 1.82) is 0 Å². The summed E-state index contributed by atoms with van der Waals surface area (Å²) in [5.41, 5.74) is 15.8. The Morgan fingerprint density at radius 3 is 1.88 bits per heavy atom. The van der Waals surface area contributed by atoms with E-state index in [1.807, 2.05) is 23.9 Å². The molecule has 1 aliphatic heterocycles. The number of rotatable bonds is 4. The van der Waals surface area contributed by atoms with Crippen molar-refractivity contribution >= 4 is 94.1 Å². The molecule has 2 aliphatic rings. The number of fused-ring (bicyclic) bond motifs is 15. The lowest BCUT2D eigenvalue weighted by Gasteiger charge is -2.46. The third kappa shape index (κ3) is 5.08. The highest BCUT2D eigenvalue weighted by atomic mass is 32.2. The van der Waals surface area contributed by atoms with Crippen molar-refractivity contribution in [2.24, 2.45) is 0 Å². The molecule has 0 radical (unpaired) electrons. The normalized spacial score (nSPS) is 13.4. The molecule has 13 aromatic rings. The lowest BCUT2D eigenvalue weighted by atomic mass is 9.59. The van der Waals surface area contributed by atoms with Gasteiger partial charge in [0, 0.05) is 53.8 Å². The average Bonchev–Trinajstić information content (AvgIpc) is 3.93. The highest BCUT2D eigenvalue weighted by Gasteiger charge is 2.48. The quantitative estimate of drug-likeness (QED) is 0.176. The summed E-state index contributed by atoms with van der Waals surface area (Å²) >= 11 is 1.89. The molecule has 0 unspecified atom stereocenters. The van der Waals surface area contributed by atoms with Crippen LogP contribution < -0.4 is 4.90 Å². The van der Waals surface area contributed by atoms with Crippen molar-refractivity contribution in [1.82, 2.24) is 4.57 Å². The molecule has 1 aliphatic carbocycles. The Bertz CT molecular complexity index is 4180. The van der Waals surface area contributed by atoms with E-state index in [2.05, 4.69) is 228 Å².